The SMILES string of the molecule is CCCCCOc1ccc(C(=O)N2CCC[C@@H]2C(=O)[O-])cc1. The van der Waals surface area contributed by atoms with Crippen LogP contribution < -0.4 is 9.84 Å². The van der Waals surface area contributed by atoms with Crippen molar-refractivity contribution in [3.8, 4) is 5.75 Å². The molecule has 0 N–H and O–H groups in total. The van der Waals surface area contributed by atoms with Crippen molar-refractivity contribution in [3.05, 3.63) is 29.8 Å². The predicted octanol–water partition coefficient (Wildman–Crippen LogP) is 1.61. The maximum atomic E-state index is 12.4. The molecular weight excluding hydrogens is 282 g/mol. The summed E-state index contributed by atoms with van der Waals surface area (Å²) < 4.78 is 5.60. The lowest BCUT2D eigenvalue weighted by Crippen LogP contribution is -2.46. The van der Waals surface area contributed by atoms with E-state index in [-0.39, 0.29) is 5.91 Å². The third-order valence-electron chi connectivity index (χ3n) is 3.90. The van der Waals surface area contributed by atoms with Crippen molar-refractivity contribution in [2.24, 2.45) is 0 Å². The standard InChI is InChI=1S/C17H23NO4/c1-2-3-4-12-22-14-9-7-13(8-10-14)16(19)18-11-5-6-15(18)17(20)21/h7-10,15H,2-6,11-12H2,1H3,(H,20,21)/p-1/t15-/m1/s1. The molecule has 0 radical (unpaired) electrons. The molecule has 0 aliphatic carbocycles. The average molecular weight is 304 g/mol. The van der Waals surface area contributed by atoms with E-state index >= 15 is 0 Å². The van der Waals surface area contributed by atoms with Crippen molar-refractivity contribution >= 4 is 11.9 Å². The van der Waals surface area contributed by atoms with Crippen molar-refractivity contribution in [2.75, 3.05) is 13.2 Å². The topological polar surface area (TPSA) is 69.7 Å². The van der Waals surface area contributed by atoms with Gasteiger partial charge in [-0.15, -0.1) is 0 Å². The van der Waals surface area contributed by atoms with E-state index in [2.05, 4.69) is 6.92 Å². The quantitative estimate of drug-likeness (QED) is 0.718. The van der Waals surface area contributed by atoms with Gasteiger partial charge in [0, 0.05) is 12.1 Å². The molecule has 0 unspecified atom stereocenters. The van der Waals surface area contributed by atoms with Gasteiger partial charge in [0.2, 0.25) is 0 Å². The van der Waals surface area contributed by atoms with Crippen LogP contribution in [0.1, 0.15) is 49.4 Å². The lowest BCUT2D eigenvalue weighted by molar-refractivity contribution is -0.310. The Labute approximate surface area is 130 Å². The molecule has 22 heavy (non-hydrogen) atoms. The Bertz CT molecular complexity index is 512. The van der Waals surface area contributed by atoms with Crippen molar-refractivity contribution in [2.45, 2.75) is 45.1 Å². The highest BCUT2D eigenvalue weighted by Gasteiger charge is 2.30. The van der Waals surface area contributed by atoms with Gasteiger partial charge in [0.15, 0.2) is 0 Å². The van der Waals surface area contributed by atoms with Gasteiger partial charge in [-0.05, 0) is 43.5 Å². The number of benzene rings is 1. The number of carbonyl (C=O) groups excluding carboxylic acids is 2. The van der Waals surface area contributed by atoms with Gasteiger partial charge >= 0.3 is 0 Å². The summed E-state index contributed by atoms with van der Waals surface area (Å²) in [4.78, 5) is 24.8. The summed E-state index contributed by atoms with van der Waals surface area (Å²) in [6.07, 6.45) is 4.45. The van der Waals surface area contributed by atoms with Crippen LogP contribution in [0, 0.1) is 0 Å². The number of carboxylic acids is 1. The number of hydrogen-bond donors (Lipinski definition) is 0. The third-order valence-corrected chi connectivity index (χ3v) is 3.90. The molecule has 0 bridgehead atoms. The zero-order valence-electron chi connectivity index (χ0n) is 12.9. The fraction of sp³-hybridized carbons (Fsp3) is 0.529. The smallest absolute Gasteiger partial charge is 0.254 e. The van der Waals surface area contributed by atoms with Crippen LogP contribution in [0.4, 0.5) is 0 Å². The number of rotatable bonds is 7. The molecule has 1 aliphatic heterocycles. The first-order chi connectivity index (χ1) is 10.6. The Balaban J connectivity index is 1.95. The number of amides is 1. The molecule has 1 saturated heterocycles. The van der Waals surface area contributed by atoms with E-state index in [0.717, 1.165) is 25.0 Å². The second kappa shape index (κ2) is 7.82. The van der Waals surface area contributed by atoms with E-state index in [0.29, 0.717) is 31.6 Å². The van der Waals surface area contributed by atoms with Crippen molar-refractivity contribution < 1.29 is 19.4 Å². The van der Waals surface area contributed by atoms with Gasteiger partial charge in [0.25, 0.3) is 5.91 Å². The van der Waals surface area contributed by atoms with Crippen LogP contribution in [0.15, 0.2) is 24.3 Å². The number of likely N-dealkylation sites (tertiary alicyclic amines) is 1. The van der Waals surface area contributed by atoms with Crippen LogP contribution in [0.3, 0.4) is 0 Å². The zero-order chi connectivity index (χ0) is 15.9. The van der Waals surface area contributed by atoms with E-state index in [4.69, 9.17) is 4.74 Å². The number of aliphatic carboxylic acids is 1. The molecule has 5 nitrogen and oxygen atoms in total. The summed E-state index contributed by atoms with van der Waals surface area (Å²) in [7, 11) is 0. The largest absolute Gasteiger partial charge is 0.548 e. The number of carbonyl (C=O) groups is 2. The number of carboxylic acid groups (broad SMARTS) is 1. The highest BCUT2D eigenvalue weighted by molar-refractivity contribution is 5.96. The fourth-order valence-corrected chi connectivity index (χ4v) is 2.66. The molecule has 5 heteroatoms. The Morgan fingerprint density at radius 1 is 1.27 bits per heavy atom. The van der Waals surface area contributed by atoms with Crippen molar-refractivity contribution in [1.29, 1.82) is 0 Å². The van der Waals surface area contributed by atoms with Gasteiger partial charge in [0.1, 0.15) is 5.75 Å². The number of ether oxygens (including phenoxy) is 1. The van der Waals surface area contributed by atoms with E-state index in [1.165, 1.54) is 4.90 Å². The van der Waals surface area contributed by atoms with Gasteiger partial charge < -0.3 is 19.5 Å². The Hall–Kier alpha value is -2.04. The fourth-order valence-electron chi connectivity index (χ4n) is 2.66. The zero-order valence-corrected chi connectivity index (χ0v) is 12.9. The van der Waals surface area contributed by atoms with E-state index < -0.39 is 12.0 Å². The summed E-state index contributed by atoms with van der Waals surface area (Å²) in [5.74, 6) is -0.712. The molecule has 1 fully saturated rings. The van der Waals surface area contributed by atoms with Crippen LogP contribution in [0.25, 0.3) is 0 Å². The van der Waals surface area contributed by atoms with Crippen LogP contribution in [0.5, 0.6) is 5.75 Å². The van der Waals surface area contributed by atoms with Crippen molar-refractivity contribution in [3.63, 3.8) is 0 Å². The van der Waals surface area contributed by atoms with Gasteiger partial charge in [-0.1, -0.05) is 19.8 Å². The molecular formula is C17H22NO4-. The van der Waals surface area contributed by atoms with Crippen LogP contribution in [-0.2, 0) is 4.79 Å². The molecule has 1 atom stereocenters. The highest BCUT2D eigenvalue weighted by Crippen LogP contribution is 2.21. The molecule has 1 aromatic carbocycles. The van der Waals surface area contributed by atoms with Crippen LogP contribution in [0.2, 0.25) is 0 Å². The van der Waals surface area contributed by atoms with Crippen molar-refractivity contribution in [1.82, 2.24) is 4.90 Å². The number of nitrogens with zero attached hydrogens (tertiary/aromatic N) is 1. The predicted molar refractivity (Wildman–Crippen MR) is 80.5 cm³/mol. The van der Waals surface area contributed by atoms with Gasteiger partial charge in [0.05, 0.1) is 18.6 Å². The first-order valence-electron chi connectivity index (χ1n) is 7.88. The molecule has 120 valence electrons. The normalized spacial score (nSPS) is 17.5. The number of unbranched alkanes of at least 4 members (excludes halogenated alkanes) is 2. The maximum absolute atomic E-state index is 12.4. The second-order valence-corrected chi connectivity index (χ2v) is 5.56. The molecule has 1 aromatic rings. The summed E-state index contributed by atoms with van der Waals surface area (Å²) in [5, 5.41) is 11.0. The molecule has 0 spiro atoms. The third kappa shape index (κ3) is 4.00. The highest BCUT2D eigenvalue weighted by atomic mass is 16.5. The maximum Gasteiger partial charge on any atom is 0.254 e. The molecule has 0 aromatic heterocycles. The first kappa shape index (κ1) is 16.3. The Morgan fingerprint density at radius 3 is 2.64 bits per heavy atom. The molecule has 0 saturated carbocycles. The van der Waals surface area contributed by atoms with Gasteiger partial charge in [-0.25, -0.2) is 0 Å². The van der Waals surface area contributed by atoms with E-state index in [1.807, 2.05) is 0 Å². The minimum absolute atomic E-state index is 0.260. The lowest BCUT2D eigenvalue weighted by atomic mass is 10.1. The molecule has 1 heterocycles. The monoisotopic (exact) mass is 304 g/mol. The molecule has 1 aliphatic rings. The van der Waals surface area contributed by atoms with Crippen LogP contribution in [-0.4, -0.2) is 36.0 Å². The van der Waals surface area contributed by atoms with Gasteiger partial charge in [-0.2, -0.15) is 0 Å². The Kier molecular flexibility index (Phi) is 5.81. The summed E-state index contributed by atoms with van der Waals surface area (Å²) in [6.45, 7) is 3.27. The molecule has 1 amide bonds. The first-order valence-corrected chi connectivity index (χ1v) is 7.88. The van der Waals surface area contributed by atoms with Crippen LogP contribution >= 0.6 is 0 Å². The summed E-state index contributed by atoms with van der Waals surface area (Å²) in [5.41, 5.74) is 0.481. The number of hydrogen-bond acceptors (Lipinski definition) is 4. The minimum Gasteiger partial charge on any atom is -0.548 e. The summed E-state index contributed by atoms with van der Waals surface area (Å²) >= 11 is 0. The van der Waals surface area contributed by atoms with E-state index in [1.54, 1.807) is 24.3 Å². The Morgan fingerprint density at radius 2 is 2.00 bits per heavy atom. The minimum atomic E-state index is -1.18. The lowest BCUT2D eigenvalue weighted by Gasteiger charge is -2.25. The van der Waals surface area contributed by atoms with Gasteiger partial charge in [-0.3, -0.25) is 4.79 Å². The van der Waals surface area contributed by atoms with E-state index in [9.17, 15) is 14.7 Å². The second-order valence-electron chi connectivity index (χ2n) is 5.56. The summed E-state index contributed by atoms with van der Waals surface area (Å²) in [6, 6.07) is 6.06. The average Bonchev–Trinajstić information content (AvgIpc) is 3.01. The molecule has 2 rings (SSSR count).